The lowest BCUT2D eigenvalue weighted by Gasteiger charge is -2.35. The van der Waals surface area contributed by atoms with Gasteiger partial charge in [0.05, 0.1) is 44.1 Å². The maximum atomic E-state index is 12.1. The Balaban J connectivity index is 1.57. The Labute approximate surface area is 154 Å². The summed E-state index contributed by atoms with van der Waals surface area (Å²) in [4.78, 5) is 27.7. The SMILES string of the molecule is CN(C)C(=O)CN1CCC2(COCc3cnc(N4CCOCC4)nc32)C1. The van der Waals surface area contributed by atoms with Gasteiger partial charge in [0, 0.05) is 45.5 Å². The van der Waals surface area contributed by atoms with Gasteiger partial charge >= 0.3 is 0 Å². The molecule has 2 fully saturated rings. The Morgan fingerprint density at radius 2 is 2.08 bits per heavy atom. The van der Waals surface area contributed by atoms with E-state index < -0.39 is 0 Å². The quantitative estimate of drug-likeness (QED) is 0.743. The number of morpholine rings is 1. The highest BCUT2D eigenvalue weighted by Gasteiger charge is 2.45. The van der Waals surface area contributed by atoms with Gasteiger partial charge in [0.2, 0.25) is 11.9 Å². The summed E-state index contributed by atoms with van der Waals surface area (Å²) >= 11 is 0. The van der Waals surface area contributed by atoms with Crippen molar-refractivity contribution in [3.8, 4) is 0 Å². The molecule has 0 aromatic carbocycles. The molecule has 8 heteroatoms. The number of likely N-dealkylation sites (tertiary alicyclic amines) is 1. The van der Waals surface area contributed by atoms with Crippen molar-refractivity contribution in [3.05, 3.63) is 17.5 Å². The highest BCUT2D eigenvalue weighted by molar-refractivity contribution is 5.77. The smallest absolute Gasteiger partial charge is 0.236 e. The van der Waals surface area contributed by atoms with Crippen LogP contribution in [0.1, 0.15) is 17.7 Å². The highest BCUT2D eigenvalue weighted by atomic mass is 16.5. The number of hydrogen-bond donors (Lipinski definition) is 0. The van der Waals surface area contributed by atoms with Gasteiger partial charge < -0.3 is 19.3 Å². The largest absolute Gasteiger partial charge is 0.378 e. The molecule has 1 aromatic heterocycles. The summed E-state index contributed by atoms with van der Waals surface area (Å²) < 4.78 is 11.3. The first-order valence-electron chi connectivity index (χ1n) is 9.27. The summed E-state index contributed by atoms with van der Waals surface area (Å²) in [6.45, 7) is 6.45. The lowest BCUT2D eigenvalue weighted by atomic mass is 9.80. The Kier molecular flexibility index (Phi) is 4.81. The van der Waals surface area contributed by atoms with E-state index in [2.05, 4.69) is 14.8 Å². The second kappa shape index (κ2) is 7.09. The first-order valence-corrected chi connectivity index (χ1v) is 9.27. The van der Waals surface area contributed by atoms with Crippen LogP contribution in [-0.4, -0.2) is 92.3 Å². The molecule has 2 saturated heterocycles. The van der Waals surface area contributed by atoms with E-state index in [0.29, 0.717) is 19.8 Å². The third-order valence-electron chi connectivity index (χ3n) is 5.57. The molecule has 142 valence electrons. The fraction of sp³-hybridized carbons (Fsp3) is 0.722. The van der Waals surface area contributed by atoms with E-state index in [9.17, 15) is 4.79 Å². The minimum absolute atomic E-state index is 0.135. The number of hydrogen-bond acceptors (Lipinski definition) is 7. The molecule has 1 atom stereocenters. The van der Waals surface area contributed by atoms with Crippen LogP contribution in [0.5, 0.6) is 0 Å². The second-order valence-corrected chi connectivity index (χ2v) is 7.67. The molecule has 1 amide bonds. The van der Waals surface area contributed by atoms with Gasteiger partial charge in [0.15, 0.2) is 0 Å². The van der Waals surface area contributed by atoms with Crippen molar-refractivity contribution in [2.24, 2.45) is 0 Å². The van der Waals surface area contributed by atoms with E-state index in [1.165, 1.54) is 0 Å². The molecule has 4 rings (SSSR count). The Bertz CT molecular complexity index is 677. The van der Waals surface area contributed by atoms with E-state index in [1.54, 1.807) is 19.0 Å². The molecule has 1 aromatic rings. The van der Waals surface area contributed by atoms with Gasteiger partial charge in [0.1, 0.15) is 0 Å². The van der Waals surface area contributed by atoms with E-state index in [1.807, 2.05) is 6.20 Å². The zero-order valence-corrected chi connectivity index (χ0v) is 15.6. The topological polar surface area (TPSA) is 71.0 Å². The Morgan fingerprint density at radius 3 is 2.85 bits per heavy atom. The summed E-state index contributed by atoms with van der Waals surface area (Å²) in [5, 5.41) is 0. The predicted molar refractivity (Wildman–Crippen MR) is 96.1 cm³/mol. The Morgan fingerprint density at radius 1 is 1.27 bits per heavy atom. The van der Waals surface area contributed by atoms with E-state index in [4.69, 9.17) is 14.5 Å². The molecule has 26 heavy (non-hydrogen) atoms. The maximum absolute atomic E-state index is 12.1. The molecule has 0 bridgehead atoms. The number of aromatic nitrogens is 2. The van der Waals surface area contributed by atoms with Crippen molar-refractivity contribution in [3.63, 3.8) is 0 Å². The van der Waals surface area contributed by atoms with Crippen LogP contribution in [0.3, 0.4) is 0 Å². The van der Waals surface area contributed by atoms with Gasteiger partial charge in [0.25, 0.3) is 0 Å². The van der Waals surface area contributed by atoms with Crippen LogP contribution in [0, 0.1) is 0 Å². The van der Waals surface area contributed by atoms with Gasteiger partial charge in [-0.05, 0) is 13.0 Å². The van der Waals surface area contributed by atoms with Gasteiger partial charge in [-0.15, -0.1) is 0 Å². The molecule has 4 heterocycles. The van der Waals surface area contributed by atoms with Crippen molar-refractivity contribution >= 4 is 11.9 Å². The van der Waals surface area contributed by atoms with Gasteiger partial charge in [-0.3, -0.25) is 9.69 Å². The fourth-order valence-electron chi connectivity index (χ4n) is 4.04. The standard InChI is InChI=1S/C18H27N5O3/c1-21(2)15(24)10-22-4-3-18(12-22)13-26-11-14-9-19-17(20-16(14)18)23-5-7-25-8-6-23/h9H,3-8,10-13H2,1-2H3. The zero-order chi connectivity index (χ0) is 18.1. The molecule has 0 radical (unpaired) electrons. The average Bonchev–Trinajstić information content (AvgIpc) is 3.05. The lowest BCUT2D eigenvalue weighted by molar-refractivity contribution is -0.129. The zero-order valence-electron chi connectivity index (χ0n) is 15.6. The van der Waals surface area contributed by atoms with Crippen molar-refractivity contribution in [2.45, 2.75) is 18.4 Å². The van der Waals surface area contributed by atoms with Gasteiger partial charge in [-0.2, -0.15) is 0 Å². The third-order valence-corrected chi connectivity index (χ3v) is 5.57. The summed E-state index contributed by atoms with van der Waals surface area (Å²) in [7, 11) is 3.60. The van der Waals surface area contributed by atoms with Crippen molar-refractivity contribution in [1.29, 1.82) is 0 Å². The molecule has 0 N–H and O–H groups in total. The summed E-state index contributed by atoms with van der Waals surface area (Å²) in [5.41, 5.74) is 2.05. The van der Waals surface area contributed by atoms with Crippen LogP contribution in [0.2, 0.25) is 0 Å². The first kappa shape index (κ1) is 17.6. The van der Waals surface area contributed by atoms with E-state index in [0.717, 1.165) is 63.0 Å². The molecule has 0 aliphatic carbocycles. The van der Waals surface area contributed by atoms with Crippen molar-refractivity contribution < 1.29 is 14.3 Å². The predicted octanol–water partition coefficient (Wildman–Crippen LogP) is -0.125. The van der Waals surface area contributed by atoms with Crippen LogP contribution in [0.15, 0.2) is 6.20 Å². The number of nitrogens with zero attached hydrogens (tertiary/aromatic N) is 5. The summed E-state index contributed by atoms with van der Waals surface area (Å²) in [6, 6.07) is 0. The highest BCUT2D eigenvalue weighted by Crippen LogP contribution is 2.39. The van der Waals surface area contributed by atoms with Crippen LogP contribution < -0.4 is 4.90 Å². The third kappa shape index (κ3) is 3.28. The molecule has 1 spiro atoms. The minimum Gasteiger partial charge on any atom is -0.378 e. The fourth-order valence-corrected chi connectivity index (χ4v) is 4.04. The number of amides is 1. The maximum Gasteiger partial charge on any atom is 0.236 e. The summed E-state index contributed by atoms with van der Waals surface area (Å²) in [5.74, 6) is 0.923. The van der Waals surface area contributed by atoms with E-state index in [-0.39, 0.29) is 11.3 Å². The molecule has 3 aliphatic rings. The number of carbonyl (C=O) groups is 1. The van der Waals surface area contributed by atoms with E-state index >= 15 is 0 Å². The van der Waals surface area contributed by atoms with Crippen LogP contribution >= 0.6 is 0 Å². The number of fused-ring (bicyclic) bond motifs is 2. The molecular weight excluding hydrogens is 334 g/mol. The van der Waals surface area contributed by atoms with Gasteiger partial charge in [-0.1, -0.05) is 0 Å². The first-order chi connectivity index (χ1) is 12.6. The van der Waals surface area contributed by atoms with Crippen LogP contribution in [-0.2, 0) is 26.3 Å². The Hall–Kier alpha value is -1.77. The minimum atomic E-state index is -0.135. The molecular formula is C18H27N5O3. The number of likely N-dealkylation sites (N-methyl/N-ethyl adjacent to an activating group) is 1. The van der Waals surface area contributed by atoms with Crippen LogP contribution in [0.25, 0.3) is 0 Å². The number of carbonyl (C=O) groups excluding carboxylic acids is 1. The number of rotatable bonds is 3. The van der Waals surface area contributed by atoms with Gasteiger partial charge in [-0.25, -0.2) is 9.97 Å². The molecule has 1 unspecified atom stereocenters. The lowest BCUT2D eigenvalue weighted by Crippen LogP contribution is -2.43. The van der Waals surface area contributed by atoms with Crippen LogP contribution in [0.4, 0.5) is 5.95 Å². The molecule has 8 nitrogen and oxygen atoms in total. The number of anilines is 1. The molecule has 0 saturated carbocycles. The van der Waals surface area contributed by atoms with Crippen molar-refractivity contribution in [2.75, 3.05) is 71.5 Å². The second-order valence-electron chi connectivity index (χ2n) is 7.67. The number of ether oxygens (including phenoxy) is 2. The monoisotopic (exact) mass is 361 g/mol. The average molecular weight is 361 g/mol. The van der Waals surface area contributed by atoms with Crippen molar-refractivity contribution in [1.82, 2.24) is 19.8 Å². The summed E-state index contributed by atoms with van der Waals surface area (Å²) in [6.07, 6.45) is 2.88. The molecule has 3 aliphatic heterocycles. The normalized spacial score (nSPS) is 26.2.